The molecule has 30 heavy (non-hydrogen) atoms. The van der Waals surface area contributed by atoms with Crippen molar-refractivity contribution in [3.8, 4) is 5.75 Å². The molecule has 3 aromatic rings. The molecule has 0 unspecified atom stereocenters. The third-order valence-corrected chi connectivity index (χ3v) is 5.97. The van der Waals surface area contributed by atoms with Gasteiger partial charge in [0.25, 0.3) is 15.9 Å². The van der Waals surface area contributed by atoms with Crippen LogP contribution in [0.3, 0.4) is 0 Å². The van der Waals surface area contributed by atoms with E-state index in [0.717, 1.165) is 11.3 Å². The number of nitrogens with one attached hydrogen (secondary N) is 2. The summed E-state index contributed by atoms with van der Waals surface area (Å²) in [6.07, 6.45) is 0. The minimum Gasteiger partial charge on any atom is -0.494 e. The number of carbonyl (C=O) groups excluding carboxylic acids is 1. The fourth-order valence-corrected chi connectivity index (χ4v) is 4.16. The highest BCUT2D eigenvalue weighted by atomic mass is 32.2. The predicted octanol–water partition coefficient (Wildman–Crippen LogP) is 4.12. The van der Waals surface area contributed by atoms with E-state index in [-0.39, 0.29) is 10.8 Å². The molecule has 0 aromatic heterocycles. The van der Waals surface area contributed by atoms with Crippen molar-refractivity contribution < 1.29 is 17.9 Å². The summed E-state index contributed by atoms with van der Waals surface area (Å²) in [6.45, 7) is 4.45. The maximum absolute atomic E-state index is 12.8. The Morgan fingerprint density at radius 3 is 2.37 bits per heavy atom. The molecular formula is C23H24N2O4S. The van der Waals surface area contributed by atoms with Crippen LogP contribution < -0.4 is 14.8 Å². The van der Waals surface area contributed by atoms with Gasteiger partial charge in [-0.15, -0.1) is 0 Å². The molecule has 0 atom stereocenters. The first-order valence-electron chi connectivity index (χ1n) is 9.58. The number of anilines is 1. The van der Waals surface area contributed by atoms with Gasteiger partial charge in [-0.2, -0.15) is 0 Å². The van der Waals surface area contributed by atoms with Crippen molar-refractivity contribution in [3.63, 3.8) is 0 Å². The molecule has 0 bridgehead atoms. The van der Waals surface area contributed by atoms with Crippen molar-refractivity contribution in [2.24, 2.45) is 0 Å². The van der Waals surface area contributed by atoms with Gasteiger partial charge in [-0.25, -0.2) is 8.42 Å². The van der Waals surface area contributed by atoms with Crippen LogP contribution in [0.2, 0.25) is 0 Å². The smallest absolute Gasteiger partial charge is 0.261 e. The maximum atomic E-state index is 12.8. The molecule has 0 aliphatic carbocycles. The zero-order chi connectivity index (χ0) is 21.6. The number of hydrogen-bond acceptors (Lipinski definition) is 4. The van der Waals surface area contributed by atoms with E-state index in [0.29, 0.717) is 30.0 Å². The molecule has 156 valence electrons. The summed E-state index contributed by atoms with van der Waals surface area (Å²) in [7, 11) is -3.74. The van der Waals surface area contributed by atoms with Crippen LogP contribution in [0.1, 0.15) is 28.4 Å². The second-order valence-corrected chi connectivity index (χ2v) is 8.30. The Balaban J connectivity index is 1.77. The summed E-state index contributed by atoms with van der Waals surface area (Å²) in [6, 6.07) is 20.6. The Kier molecular flexibility index (Phi) is 6.74. The molecule has 0 spiro atoms. The van der Waals surface area contributed by atoms with Gasteiger partial charge in [0.1, 0.15) is 5.75 Å². The molecule has 6 nitrogen and oxygen atoms in total. The number of ether oxygens (including phenoxy) is 1. The molecule has 1 amide bonds. The van der Waals surface area contributed by atoms with E-state index in [9.17, 15) is 13.2 Å². The fraction of sp³-hybridized carbons (Fsp3) is 0.174. The van der Waals surface area contributed by atoms with Crippen LogP contribution >= 0.6 is 0 Å². The van der Waals surface area contributed by atoms with E-state index in [2.05, 4.69) is 10.0 Å². The highest BCUT2D eigenvalue weighted by Gasteiger charge is 2.18. The standard InChI is InChI=1S/C23H24N2O4S/c1-3-29-22-15-8-7-10-18(22)16-24-23(26)20-13-9-14-21(17(20)2)25-30(27,28)19-11-5-4-6-12-19/h4-15,25H,3,16H2,1-2H3,(H,24,26). The largest absolute Gasteiger partial charge is 0.494 e. The number of carbonyl (C=O) groups is 1. The summed E-state index contributed by atoms with van der Waals surface area (Å²) < 4.78 is 33.4. The molecule has 0 saturated carbocycles. The molecule has 0 aliphatic rings. The van der Waals surface area contributed by atoms with Crippen LogP contribution in [0, 0.1) is 6.92 Å². The number of sulfonamides is 1. The lowest BCUT2D eigenvalue weighted by atomic mass is 10.1. The molecular weight excluding hydrogens is 400 g/mol. The molecule has 0 fully saturated rings. The van der Waals surface area contributed by atoms with Crippen molar-refractivity contribution in [1.29, 1.82) is 0 Å². The normalized spacial score (nSPS) is 11.0. The van der Waals surface area contributed by atoms with Gasteiger partial charge >= 0.3 is 0 Å². The van der Waals surface area contributed by atoms with E-state index in [1.54, 1.807) is 43.3 Å². The summed E-state index contributed by atoms with van der Waals surface area (Å²) in [5.41, 5.74) is 2.18. The average molecular weight is 425 g/mol. The molecule has 0 saturated heterocycles. The van der Waals surface area contributed by atoms with Gasteiger partial charge < -0.3 is 10.1 Å². The van der Waals surface area contributed by atoms with E-state index >= 15 is 0 Å². The van der Waals surface area contributed by atoms with E-state index in [4.69, 9.17) is 4.74 Å². The Bertz CT molecular complexity index is 1130. The Hall–Kier alpha value is -3.32. The summed E-state index contributed by atoms with van der Waals surface area (Å²) in [4.78, 5) is 12.9. The summed E-state index contributed by atoms with van der Waals surface area (Å²) in [5, 5.41) is 2.88. The number of benzene rings is 3. The fourth-order valence-electron chi connectivity index (χ4n) is 3.01. The van der Waals surface area contributed by atoms with Gasteiger partial charge in [-0.05, 0) is 49.7 Å². The monoisotopic (exact) mass is 424 g/mol. The predicted molar refractivity (Wildman–Crippen MR) is 117 cm³/mol. The summed E-state index contributed by atoms with van der Waals surface area (Å²) >= 11 is 0. The quantitative estimate of drug-likeness (QED) is 0.570. The lowest BCUT2D eigenvalue weighted by molar-refractivity contribution is 0.0950. The minimum atomic E-state index is -3.74. The molecule has 0 heterocycles. The van der Waals surface area contributed by atoms with Crippen LogP contribution in [0.15, 0.2) is 77.7 Å². The van der Waals surface area contributed by atoms with Crippen LogP contribution in [0.5, 0.6) is 5.75 Å². The van der Waals surface area contributed by atoms with E-state index < -0.39 is 10.0 Å². The number of amides is 1. The number of hydrogen-bond donors (Lipinski definition) is 2. The Morgan fingerprint density at radius 1 is 0.933 bits per heavy atom. The molecule has 3 rings (SSSR count). The molecule has 3 aromatic carbocycles. The topological polar surface area (TPSA) is 84.5 Å². The molecule has 2 N–H and O–H groups in total. The second kappa shape index (κ2) is 9.45. The van der Waals surface area contributed by atoms with Crippen molar-refractivity contribution >= 4 is 21.6 Å². The Labute approximate surface area is 177 Å². The van der Waals surface area contributed by atoms with Gasteiger partial charge in [0, 0.05) is 17.7 Å². The minimum absolute atomic E-state index is 0.159. The van der Waals surface area contributed by atoms with Crippen LogP contribution in [-0.2, 0) is 16.6 Å². The zero-order valence-electron chi connectivity index (χ0n) is 16.9. The third kappa shape index (κ3) is 4.99. The first kappa shape index (κ1) is 21.4. The first-order valence-corrected chi connectivity index (χ1v) is 11.1. The maximum Gasteiger partial charge on any atom is 0.261 e. The van der Waals surface area contributed by atoms with Crippen LogP contribution in [0.25, 0.3) is 0 Å². The van der Waals surface area contributed by atoms with Gasteiger partial charge in [0.05, 0.1) is 17.2 Å². The van der Waals surface area contributed by atoms with Gasteiger partial charge in [0.15, 0.2) is 0 Å². The zero-order valence-corrected chi connectivity index (χ0v) is 17.7. The highest BCUT2D eigenvalue weighted by molar-refractivity contribution is 7.92. The lowest BCUT2D eigenvalue weighted by Crippen LogP contribution is -2.24. The number of para-hydroxylation sites is 1. The van der Waals surface area contributed by atoms with Crippen molar-refractivity contribution in [2.75, 3.05) is 11.3 Å². The first-order chi connectivity index (χ1) is 14.4. The van der Waals surface area contributed by atoms with Crippen LogP contribution in [-0.4, -0.2) is 20.9 Å². The van der Waals surface area contributed by atoms with Crippen molar-refractivity contribution in [2.45, 2.75) is 25.3 Å². The highest BCUT2D eigenvalue weighted by Crippen LogP contribution is 2.23. The van der Waals surface area contributed by atoms with Crippen molar-refractivity contribution in [3.05, 3.63) is 89.5 Å². The molecule has 0 radical (unpaired) electrons. The third-order valence-electron chi connectivity index (χ3n) is 4.59. The Morgan fingerprint density at radius 2 is 1.63 bits per heavy atom. The SMILES string of the molecule is CCOc1ccccc1CNC(=O)c1cccc(NS(=O)(=O)c2ccccc2)c1C. The van der Waals surface area contributed by atoms with E-state index in [1.807, 2.05) is 31.2 Å². The second-order valence-electron chi connectivity index (χ2n) is 6.62. The van der Waals surface area contributed by atoms with Gasteiger partial charge in [-0.3, -0.25) is 9.52 Å². The summed E-state index contributed by atoms with van der Waals surface area (Å²) in [5.74, 6) is 0.431. The van der Waals surface area contributed by atoms with Gasteiger partial charge in [0.2, 0.25) is 0 Å². The lowest BCUT2D eigenvalue weighted by Gasteiger charge is -2.15. The van der Waals surface area contributed by atoms with Crippen molar-refractivity contribution in [1.82, 2.24) is 5.32 Å². The van der Waals surface area contributed by atoms with Gasteiger partial charge in [-0.1, -0.05) is 42.5 Å². The van der Waals surface area contributed by atoms with Crippen LogP contribution in [0.4, 0.5) is 5.69 Å². The van der Waals surface area contributed by atoms with E-state index in [1.165, 1.54) is 12.1 Å². The molecule has 0 aliphatic heterocycles. The molecule has 7 heteroatoms. The number of rotatable bonds is 8. The average Bonchev–Trinajstić information content (AvgIpc) is 2.75.